The molecule has 1 aliphatic rings. The first-order valence-corrected chi connectivity index (χ1v) is 10.2. The van der Waals surface area contributed by atoms with Crippen LogP contribution in [0.2, 0.25) is 0 Å². The Balaban J connectivity index is 1.72. The number of imidazole rings is 1. The molecular formula is C20H21N5O3S. The van der Waals surface area contributed by atoms with Crippen molar-refractivity contribution in [1.82, 2.24) is 24.6 Å². The summed E-state index contributed by atoms with van der Waals surface area (Å²) in [5.41, 5.74) is 1.82. The van der Waals surface area contributed by atoms with Crippen LogP contribution in [0.5, 0.6) is 0 Å². The molecule has 9 heteroatoms. The number of carbonyl (C=O) groups is 2. The second-order valence-corrected chi connectivity index (χ2v) is 7.95. The Morgan fingerprint density at radius 3 is 2.76 bits per heavy atom. The molecule has 29 heavy (non-hydrogen) atoms. The van der Waals surface area contributed by atoms with Crippen LogP contribution in [-0.4, -0.2) is 48.0 Å². The molecule has 3 aromatic heterocycles. The molecule has 8 nitrogen and oxygen atoms in total. The van der Waals surface area contributed by atoms with Crippen LogP contribution in [0.4, 0.5) is 0 Å². The first kappa shape index (κ1) is 19.1. The molecule has 1 amide bonds. The molecule has 0 spiro atoms. The zero-order valence-electron chi connectivity index (χ0n) is 16.1. The fraction of sp³-hybridized carbons (Fsp3) is 0.300. The van der Waals surface area contributed by atoms with E-state index in [1.807, 2.05) is 28.3 Å². The highest BCUT2D eigenvalue weighted by atomic mass is 32.1. The molecule has 2 N–H and O–H groups in total. The number of Topliss-reactive ketones (excluding diaryl/α,β-unsaturated/α-hetero) is 1. The lowest BCUT2D eigenvalue weighted by molar-refractivity contribution is -0.139. The molecule has 0 radical (unpaired) electrons. The predicted molar refractivity (Wildman–Crippen MR) is 108 cm³/mol. The molecule has 4 rings (SSSR count). The summed E-state index contributed by atoms with van der Waals surface area (Å²) in [6.07, 6.45) is 5.94. The van der Waals surface area contributed by atoms with Crippen LogP contribution < -0.4 is 0 Å². The van der Waals surface area contributed by atoms with Crippen LogP contribution in [0.3, 0.4) is 0 Å². The normalized spacial score (nSPS) is 18.7. The van der Waals surface area contributed by atoms with E-state index in [0.29, 0.717) is 36.5 Å². The number of rotatable bonds is 6. The number of amides is 1. The van der Waals surface area contributed by atoms with E-state index in [1.165, 1.54) is 11.3 Å². The van der Waals surface area contributed by atoms with Gasteiger partial charge in [-0.05, 0) is 31.7 Å². The van der Waals surface area contributed by atoms with Crippen molar-refractivity contribution in [2.45, 2.75) is 32.9 Å². The number of carbonyl (C=O) groups excluding carboxylic acids is 2. The lowest BCUT2D eigenvalue weighted by atomic mass is 9.99. The maximum Gasteiger partial charge on any atom is 0.295 e. The van der Waals surface area contributed by atoms with Gasteiger partial charge < -0.3 is 14.6 Å². The van der Waals surface area contributed by atoms with Crippen LogP contribution in [0.15, 0.2) is 41.8 Å². The van der Waals surface area contributed by atoms with Crippen molar-refractivity contribution in [3.63, 3.8) is 0 Å². The molecule has 0 bridgehead atoms. The summed E-state index contributed by atoms with van der Waals surface area (Å²) in [5, 5.41) is 19.9. The molecule has 1 fully saturated rings. The van der Waals surface area contributed by atoms with E-state index in [4.69, 9.17) is 0 Å². The first-order chi connectivity index (χ1) is 14.0. The van der Waals surface area contributed by atoms with E-state index in [0.717, 1.165) is 4.88 Å². The molecule has 0 unspecified atom stereocenters. The van der Waals surface area contributed by atoms with E-state index >= 15 is 0 Å². The Labute approximate surface area is 171 Å². The van der Waals surface area contributed by atoms with Crippen molar-refractivity contribution < 1.29 is 14.7 Å². The van der Waals surface area contributed by atoms with Crippen LogP contribution in [0, 0.1) is 13.8 Å². The van der Waals surface area contributed by atoms with E-state index in [9.17, 15) is 14.7 Å². The average molecular weight is 411 g/mol. The number of ketones is 1. The lowest BCUT2D eigenvalue weighted by Gasteiger charge is -2.24. The van der Waals surface area contributed by atoms with Crippen molar-refractivity contribution in [3.8, 4) is 0 Å². The molecular weight excluding hydrogens is 390 g/mol. The minimum absolute atomic E-state index is 0.118. The van der Waals surface area contributed by atoms with Gasteiger partial charge in [-0.3, -0.25) is 14.7 Å². The molecule has 1 aliphatic heterocycles. The van der Waals surface area contributed by atoms with Crippen LogP contribution >= 0.6 is 11.3 Å². The molecule has 0 saturated carbocycles. The van der Waals surface area contributed by atoms with Gasteiger partial charge in [0, 0.05) is 36.1 Å². The SMILES string of the molecule is Cc1n[nH]c(C)c1C(O)=C1C(=O)C(=O)N(CCCn2ccnc2)[C@@H]1c1cccs1. The molecule has 150 valence electrons. The smallest absolute Gasteiger partial charge is 0.295 e. The van der Waals surface area contributed by atoms with Crippen molar-refractivity contribution in [1.29, 1.82) is 0 Å². The number of hydrogen-bond acceptors (Lipinski definition) is 6. The fourth-order valence-corrected chi connectivity index (χ4v) is 4.58. The van der Waals surface area contributed by atoms with Gasteiger partial charge in [-0.1, -0.05) is 6.07 Å². The molecule has 1 saturated heterocycles. The van der Waals surface area contributed by atoms with E-state index in [2.05, 4.69) is 15.2 Å². The van der Waals surface area contributed by atoms with Crippen LogP contribution in [0.1, 0.15) is 34.3 Å². The summed E-state index contributed by atoms with van der Waals surface area (Å²) in [5.74, 6) is -1.43. The Morgan fingerprint density at radius 2 is 2.14 bits per heavy atom. The minimum atomic E-state index is -0.663. The molecule has 4 heterocycles. The predicted octanol–water partition coefficient (Wildman–Crippen LogP) is 2.80. The largest absolute Gasteiger partial charge is 0.507 e. The van der Waals surface area contributed by atoms with E-state index in [1.54, 1.807) is 31.3 Å². The number of aromatic nitrogens is 4. The number of hydrogen-bond donors (Lipinski definition) is 2. The molecule has 3 aromatic rings. The van der Waals surface area contributed by atoms with Gasteiger partial charge in [0.15, 0.2) is 0 Å². The van der Waals surface area contributed by atoms with E-state index in [-0.39, 0.29) is 11.3 Å². The highest BCUT2D eigenvalue weighted by Crippen LogP contribution is 2.41. The van der Waals surface area contributed by atoms with Gasteiger partial charge in [0.05, 0.1) is 29.2 Å². The number of nitrogens with one attached hydrogen (secondary N) is 1. The molecule has 0 aromatic carbocycles. The zero-order chi connectivity index (χ0) is 20.5. The highest BCUT2D eigenvalue weighted by Gasteiger charge is 2.46. The average Bonchev–Trinajstić information content (AvgIpc) is 3.47. The first-order valence-electron chi connectivity index (χ1n) is 9.28. The maximum atomic E-state index is 12.9. The summed E-state index contributed by atoms with van der Waals surface area (Å²) in [4.78, 5) is 32.2. The van der Waals surface area contributed by atoms with Gasteiger partial charge in [0.2, 0.25) is 0 Å². The Kier molecular flexibility index (Phi) is 5.06. The number of nitrogens with zero attached hydrogens (tertiary/aromatic N) is 4. The fourth-order valence-electron chi connectivity index (χ4n) is 3.73. The topological polar surface area (TPSA) is 104 Å². The number of aliphatic hydroxyl groups is 1. The van der Waals surface area contributed by atoms with Crippen molar-refractivity contribution in [2.75, 3.05) is 6.54 Å². The summed E-state index contributed by atoms with van der Waals surface area (Å²) in [6, 6.07) is 3.15. The van der Waals surface area contributed by atoms with E-state index < -0.39 is 17.7 Å². The Bertz CT molecular complexity index is 1050. The summed E-state index contributed by atoms with van der Waals surface area (Å²) < 4.78 is 1.93. The van der Waals surface area contributed by atoms with Gasteiger partial charge in [0.25, 0.3) is 11.7 Å². The standard InChI is InChI=1S/C20H21N5O3S/c1-12-15(13(2)23-22-12)18(26)16-17(14-5-3-10-29-14)25(20(28)19(16)27)8-4-7-24-9-6-21-11-24/h3,5-6,9-11,17,26H,4,7-8H2,1-2H3,(H,22,23)/t17-/m1/s1. The van der Waals surface area contributed by atoms with Crippen molar-refractivity contribution >= 4 is 28.8 Å². The summed E-state index contributed by atoms with van der Waals surface area (Å²) in [6.45, 7) is 4.60. The summed E-state index contributed by atoms with van der Waals surface area (Å²) in [7, 11) is 0. The van der Waals surface area contributed by atoms with Crippen molar-refractivity contribution in [2.24, 2.45) is 0 Å². The number of H-pyrrole nitrogens is 1. The Hall–Kier alpha value is -3.20. The van der Waals surface area contributed by atoms with Gasteiger partial charge >= 0.3 is 0 Å². The number of likely N-dealkylation sites (tertiary alicyclic amines) is 1. The van der Waals surface area contributed by atoms with Gasteiger partial charge in [-0.25, -0.2) is 4.98 Å². The quantitative estimate of drug-likeness (QED) is 0.369. The van der Waals surface area contributed by atoms with Crippen LogP contribution in [-0.2, 0) is 16.1 Å². The van der Waals surface area contributed by atoms with Crippen molar-refractivity contribution in [3.05, 3.63) is 63.6 Å². The third kappa shape index (κ3) is 3.38. The van der Waals surface area contributed by atoms with Gasteiger partial charge in [-0.2, -0.15) is 5.10 Å². The minimum Gasteiger partial charge on any atom is -0.507 e. The number of aromatic amines is 1. The zero-order valence-corrected chi connectivity index (χ0v) is 16.9. The van der Waals surface area contributed by atoms with Gasteiger partial charge in [0.1, 0.15) is 5.76 Å². The third-order valence-corrected chi connectivity index (χ3v) is 6.02. The highest BCUT2D eigenvalue weighted by molar-refractivity contribution is 7.10. The lowest BCUT2D eigenvalue weighted by Crippen LogP contribution is -2.31. The number of aryl methyl sites for hydroxylation is 3. The second-order valence-electron chi connectivity index (χ2n) is 6.97. The van der Waals surface area contributed by atoms with Crippen LogP contribution in [0.25, 0.3) is 5.76 Å². The number of thiophene rings is 1. The molecule has 1 atom stereocenters. The second kappa shape index (κ2) is 7.67. The Morgan fingerprint density at radius 1 is 1.31 bits per heavy atom. The third-order valence-electron chi connectivity index (χ3n) is 5.09. The number of aliphatic hydroxyl groups excluding tert-OH is 1. The summed E-state index contributed by atoms with van der Waals surface area (Å²) >= 11 is 1.46. The van der Waals surface area contributed by atoms with Gasteiger partial charge in [-0.15, -0.1) is 11.3 Å². The monoisotopic (exact) mass is 411 g/mol. The maximum absolute atomic E-state index is 12.9. The molecule has 0 aliphatic carbocycles.